The third-order valence-corrected chi connectivity index (χ3v) is 6.06. The maximum atomic E-state index is 12.5. The Balaban J connectivity index is 1.51. The van der Waals surface area contributed by atoms with Crippen LogP contribution in [0.15, 0.2) is 36.4 Å². The summed E-state index contributed by atoms with van der Waals surface area (Å²) in [7, 11) is 0. The van der Waals surface area contributed by atoms with Crippen LogP contribution in [0.2, 0.25) is 0 Å². The van der Waals surface area contributed by atoms with Crippen LogP contribution >= 0.6 is 0 Å². The highest BCUT2D eigenvalue weighted by Gasteiger charge is 2.21. The Bertz CT molecular complexity index is 838. The third-order valence-electron chi connectivity index (χ3n) is 6.06. The van der Waals surface area contributed by atoms with Gasteiger partial charge < -0.3 is 10.2 Å². The molecule has 1 aliphatic rings. The summed E-state index contributed by atoms with van der Waals surface area (Å²) < 4.78 is 0. The first-order valence-corrected chi connectivity index (χ1v) is 10.2. The molecule has 4 nitrogen and oxygen atoms in total. The Morgan fingerprint density at radius 3 is 2.36 bits per heavy atom. The van der Waals surface area contributed by atoms with Gasteiger partial charge in [-0.25, -0.2) is 0 Å². The van der Waals surface area contributed by atoms with Gasteiger partial charge >= 0.3 is 0 Å². The van der Waals surface area contributed by atoms with Crippen molar-refractivity contribution < 1.29 is 4.79 Å². The second-order valence-corrected chi connectivity index (χ2v) is 8.12. The highest BCUT2D eigenvalue weighted by atomic mass is 16.2. The number of piperazine rings is 1. The highest BCUT2D eigenvalue weighted by Crippen LogP contribution is 2.24. The van der Waals surface area contributed by atoms with Crippen molar-refractivity contribution in [1.29, 1.82) is 0 Å². The van der Waals surface area contributed by atoms with E-state index in [0.717, 1.165) is 31.7 Å². The van der Waals surface area contributed by atoms with E-state index in [4.69, 9.17) is 0 Å². The molecule has 0 aliphatic carbocycles. The first-order valence-electron chi connectivity index (χ1n) is 10.2. The van der Waals surface area contributed by atoms with Gasteiger partial charge in [-0.3, -0.25) is 9.69 Å². The molecule has 0 bridgehead atoms. The average molecular weight is 380 g/mol. The van der Waals surface area contributed by atoms with E-state index in [0.29, 0.717) is 6.54 Å². The van der Waals surface area contributed by atoms with Gasteiger partial charge in [0.1, 0.15) is 0 Å². The predicted octanol–water partition coefficient (Wildman–Crippen LogP) is 3.92. The van der Waals surface area contributed by atoms with Gasteiger partial charge in [-0.15, -0.1) is 0 Å². The molecule has 150 valence electrons. The standard InChI is InChI=1S/C24H33N3O/c1-17-9-10-22(15-19(17)3)21(5)25-24(28)16-26-11-13-27(14-12-26)23-8-6-7-18(2)20(23)4/h6-10,15,21H,11-14,16H2,1-5H3,(H,25,28). The molecule has 1 atom stereocenters. The summed E-state index contributed by atoms with van der Waals surface area (Å²) in [6, 6.07) is 12.9. The van der Waals surface area contributed by atoms with Gasteiger partial charge in [0, 0.05) is 31.9 Å². The molecule has 1 heterocycles. The molecule has 1 saturated heterocycles. The minimum absolute atomic E-state index is 0.0306. The number of aryl methyl sites for hydroxylation is 3. The summed E-state index contributed by atoms with van der Waals surface area (Å²) >= 11 is 0. The van der Waals surface area contributed by atoms with Crippen LogP contribution in [0.25, 0.3) is 0 Å². The van der Waals surface area contributed by atoms with Gasteiger partial charge in [0.15, 0.2) is 0 Å². The summed E-state index contributed by atoms with van der Waals surface area (Å²) in [6.45, 7) is 14.9. The van der Waals surface area contributed by atoms with Crippen molar-refractivity contribution in [2.24, 2.45) is 0 Å². The van der Waals surface area contributed by atoms with Gasteiger partial charge in [-0.05, 0) is 68.5 Å². The largest absolute Gasteiger partial charge is 0.369 e. The van der Waals surface area contributed by atoms with E-state index in [1.54, 1.807) is 0 Å². The Labute approximate surface area is 169 Å². The Kier molecular flexibility index (Phi) is 6.40. The number of rotatable bonds is 5. The van der Waals surface area contributed by atoms with Crippen molar-refractivity contribution in [3.63, 3.8) is 0 Å². The maximum absolute atomic E-state index is 12.5. The van der Waals surface area contributed by atoms with E-state index in [1.165, 1.54) is 27.9 Å². The zero-order valence-electron chi connectivity index (χ0n) is 17.9. The van der Waals surface area contributed by atoms with Crippen molar-refractivity contribution in [2.45, 2.75) is 40.7 Å². The van der Waals surface area contributed by atoms with Crippen LogP contribution in [0.1, 0.15) is 40.8 Å². The lowest BCUT2D eigenvalue weighted by Crippen LogP contribution is -2.49. The minimum Gasteiger partial charge on any atom is -0.369 e. The van der Waals surface area contributed by atoms with E-state index in [-0.39, 0.29) is 11.9 Å². The van der Waals surface area contributed by atoms with Crippen molar-refractivity contribution in [3.8, 4) is 0 Å². The highest BCUT2D eigenvalue weighted by molar-refractivity contribution is 5.78. The fourth-order valence-electron chi connectivity index (χ4n) is 3.83. The Morgan fingerprint density at radius 2 is 1.68 bits per heavy atom. The molecule has 1 N–H and O–H groups in total. The van der Waals surface area contributed by atoms with Crippen LogP contribution < -0.4 is 10.2 Å². The number of hydrogen-bond acceptors (Lipinski definition) is 3. The maximum Gasteiger partial charge on any atom is 0.234 e. The van der Waals surface area contributed by atoms with E-state index in [2.05, 4.69) is 86.1 Å². The van der Waals surface area contributed by atoms with E-state index < -0.39 is 0 Å². The molecule has 1 amide bonds. The molecular formula is C24H33N3O. The van der Waals surface area contributed by atoms with Gasteiger partial charge in [0.25, 0.3) is 0 Å². The number of carbonyl (C=O) groups is 1. The van der Waals surface area contributed by atoms with Crippen LogP contribution in [0, 0.1) is 27.7 Å². The van der Waals surface area contributed by atoms with Crippen LogP contribution in [0.5, 0.6) is 0 Å². The summed E-state index contributed by atoms with van der Waals surface area (Å²) in [5.41, 5.74) is 7.73. The van der Waals surface area contributed by atoms with Gasteiger partial charge in [-0.2, -0.15) is 0 Å². The number of carbonyl (C=O) groups excluding carboxylic acids is 1. The topological polar surface area (TPSA) is 35.6 Å². The van der Waals surface area contributed by atoms with Crippen LogP contribution in [0.4, 0.5) is 5.69 Å². The zero-order chi connectivity index (χ0) is 20.3. The van der Waals surface area contributed by atoms with Gasteiger partial charge in [0.2, 0.25) is 5.91 Å². The van der Waals surface area contributed by atoms with Crippen LogP contribution in [-0.2, 0) is 4.79 Å². The van der Waals surface area contributed by atoms with Gasteiger partial charge in [0.05, 0.1) is 12.6 Å². The molecule has 4 heteroatoms. The summed E-state index contributed by atoms with van der Waals surface area (Å²) in [5.74, 6) is 0.103. The monoisotopic (exact) mass is 379 g/mol. The molecule has 0 aromatic heterocycles. The fraction of sp³-hybridized carbons (Fsp3) is 0.458. The lowest BCUT2D eigenvalue weighted by Gasteiger charge is -2.36. The molecule has 2 aromatic carbocycles. The summed E-state index contributed by atoms with van der Waals surface area (Å²) in [6.07, 6.45) is 0. The van der Waals surface area contributed by atoms with E-state index in [1.807, 2.05) is 0 Å². The average Bonchev–Trinajstić information content (AvgIpc) is 2.67. The molecule has 1 aliphatic heterocycles. The first-order chi connectivity index (χ1) is 13.3. The molecular weight excluding hydrogens is 346 g/mol. The molecule has 28 heavy (non-hydrogen) atoms. The summed E-state index contributed by atoms with van der Waals surface area (Å²) in [5, 5.41) is 3.16. The van der Waals surface area contributed by atoms with Crippen LogP contribution in [-0.4, -0.2) is 43.5 Å². The normalized spacial score (nSPS) is 16.1. The Hall–Kier alpha value is -2.33. The Morgan fingerprint density at radius 1 is 0.964 bits per heavy atom. The number of nitrogens with one attached hydrogen (secondary N) is 1. The van der Waals surface area contributed by atoms with Crippen molar-refractivity contribution in [1.82, 2.24) is 10.2 Å². The fourth-order valence-corrected chi connectivity index (χ4v) is 3.83. The second-order valence-electron chi connectivity index (χ2n) is 8.12. The zero-order valence-corrected chi connectivity index (χ0v) is 17.9. The van der Waals surface area contributed by atoms with E-state index >= 15 is 0 Å². The van der Waals surface area contributed by atoms with Gasteiger partial charge in [-0.1, -0.05) is 30.3 Å². The molecule has 0 radical (unpaired) electrons. The quantitative estimate of drug-likeness (QED) is 0.855. The second kappa shape index (κ2) is 8.78. The van der Waals surface area contributed by atoms with Crippen LogP contribution in [0.3, 0.4) is 0 Å². The molecule has 0 saturated carbocycles. The van der Waals surface area contributed by atoms with Crippen molar-refractivity contribution >= 4 is 11.6 Å². The predicted molar refractivity (Wildman–Crippen MR) is 117 cm³/mol. The number of anilines is 1. The number of amides is 1. The minimum atomic E-state index is 0.0306. The third kappa shape index (κ3) is 4.74. The SMILES string of the molecule is Cc1ccc(C(C)NC(=O)CN2CCN(c3cccc(C)c3C)CC2)cc1C. The number of nitrogens with zero attached hydrogens (tertiary/aromatic N) is 2. The molecule has 2 aromatic rings. The van der Waals surface area contributed by atoms with Crippen molar-refractivity contribution in [2.75, 3.05) is 37.6 Å². The molecule has 0 spiro atoms. The number of benzene rings is 2. The first kappa shape index (κ1) is 20.4. The van der Waals surface area contributed by atoms with Crippen molar-refractivity contribution in [3.05, 3.63) is 64.2 Å². The lowest BCUT2D eigenvalue weighted by atomic mass is 10.0. The molecule has 3 rings (SSSR count). The lowest BCUT2D eigenvalue weighted by molar-refractivity contribution is -0.123. The number of hydrogen-bond donors (Lipinski definition) is 1. The smallest absolute Gasteiger partial charge is 0.234 e. The molecule has 1 fully saturated rings. The molecule has 1 unspecified atom stereocenters. The summed E-state index contributed by atoms with van der Waals surface area (Å²) in [4.78, 5) is 17.2. The van der Waals surface area contributed by atoms with E-state index in [9.17, 15) is 4.79 Å².